The maximum absolute atomic E-state index is 5.42. The Kier molecular flexibility index (Phi) is 4.12. The highest BCUT2D eigenvalue weighted by Gasteiger charge is 2.13. The van der Waals surface area contributed by atoms with E-state index in [1.807, 2.05) is 6.92 Å². The summed E-state index contributed by atoms with van der Waals surface area (Å²) in [6, 6.07) is 0. The van der Waals surface area contributed by atoms with Crippen LogP contribution in [0.25, 0.3) is 0 Å². The van der Waals surface area contributed by atoms with E-state index in [0.717, 1.165) is 12.1 Å². The first-order chi connectivity index (χ1) is 5.83. The average molecular weight is 169 g/mol. The minimum Gasteiger partial charge on any atom is -0.393 e. The van der Waals surface area contributed by atoms with Crippen molar-refractivity contribution in [2.24, 2.45) is 5.16 Å². The summed E-state index contributed by atoms with van der Waals surface area (Å²) in [5, 5.41) is 4.08. The third-order valence-corrected chi connectivity index (χ3v) is 2.42. The van der Waals surface area contributed by atoms with Gasteiger partial charge in [-0.05, 0) is 39.0 Å². The second-order valence-corrected chi connectivity index (χ2v) is 3.55. The van der Waals surface area contributed by atoms with Gasteiger partial charge in [0, 0.05) is 0 Å². The molecular weight excluding hydrogens is 150 g/mol. The number of rotatable bonds is 3. The Hall–Kier alpha value is -0.530. The van der Waals surface area contributed by atoms with Crippen molar-refractivity contribution in [3.05, 3.63) is 0 Å². The van der Waals surface area contributed by atoms with E-state index in [1.54, 1.807) is 0 Å². The molecule has 0 unspecified atom stereocenters. The minimum atomic E-state index is 0.403. The molecule has 12 heavy (non-hydrogen) atoms. The highest BCUT2D eigenvalue weighted by molar-refractivity contribution is 5.80. The zero-order valence-electron chi connectivity index (χ0n) is 8.18. The Balaban J connectivity index is 2.21. The summed E-state index contributed by atoms with van der Waals surface area (Å²) >= 11 is 0. The lowest BCUT2D eigenvalue weighted by molar-refractivity contribution is 0.0325. The molecule has 0 saturated heterocycles. The number of oxime groups is 1. The molecule has 0 radical (unpaired) electrons. The molecular formula is C10H19NO. The number of hydrogen-bond acceptors (Lipinski definition) is 2. The van der Waals surface area contributed by atoms with Crippen LogP contribution in [0.15, 0.2) is 5.16 Å². The standard InChI is InChI=1S/C10H19NO/c1-3-9(2)11-12-10-7-5-4-6-8-10/h10H,3-8H2,1-2H3/b11-9+. The predicted molar refractivity (Wildman–Crippen MR) is 51.4 cm³/mol. The Bertz CT molecular complexity index is 148. The smallest absolute Gasteiger partial charge is 0.127 e. The van der Waals surface area contributed by atoms with Gasteiger partial charge in [0.1, 0.15) is 6.10 Å². The molecule has 0 amide bonds. The van der Waals surface area contributed by atoms with Gasteiger partial charge in [-0.2, -0.15) is 0 Å². The molecule has 1 fully saturated rings. The molecule has 1 aliphatic rings. The maximum atomic E-state index is 5.42. The summed E-state index contributed by atoms with van der Waals surface area (Å²) in [5.41, 5.74) is 1.10. The van der Waals surface area contributed by atoms with Crippen LogP contribution in [0.2, 0.25) is 0 Å². The fourth-order valence-electron chi connectivity index (χ4n) is 1.40. The van der Waals surface area contributed by atoms with Crippen LogP contribution in [-0.2, 0) is 4.84 Å². The topological polar surface area (TPSA) is 21.6 Å². The van der Waals surface area contributed by atoms with Crippen LogP contribution >= 0.6 is 0 Å². The van der Waals surface area contributed by atoms with Gasteiger partial charge in [-0.25, -0.2) is 0 Å². The lowest BCUT2D eigenvalue weighted by Gasteiger charge is -2.19. The molecule has 0 heterocycles. The van der Waals surface area contributed by atoms with Crippen LogP contribution < -0.4 is 0 Å². The second kappa shape index (κ2) is 5.18. The maximum Gasteiger partial charge on any atom is 0.127 e. The fraction of sp³-hybridized carbons (Fsp3) is 0.900. The summed E-state index contributed by atoms with van der Waals surface area (Å²) < 4.78 is 0. The Morgan fingerprint density at radius 1 is 1.33 bits per heavy atom. The summed E-state index contributed by atoms with van der Waals surface area (Å²) in [7, 11) is 0. The normalized spacial score (nSPS) is 21.0. The van der Waals surface area contributed by atoms with Gasteiger partial charge in [-0.3, -0.25) is 0 Å². The fourth-order valence-corrected chi connectivity index (χ4v) is 1.40. The molecule has 2 heteroatoms. The lowest BCUT2D eigenvalue weighted by Crippen LogP contribution is -2.14. The van der Waals surface area contributed by atoms with E-state index >= 15 is 0 Å². The molecule has 0 spiro atoms. The molecule has 0 aromatic heterocycles. The molecule has 0 aromatic carbocycles. The number of nitrogens with zero attached hydrogens (tertiary/aromatic N) is 1. The lowest BCUT2D eigenvalue weighted by atomic mass is 9.98. The molecule has 70 valence electrons. The third-order valence-electron chi connectivity index (χ3n) is 2.42. The highest BCUT2D eigenvalue weighted by Crippen LogP contribution is 2.20. The van der Waals surface area contributed by atoms with E-state index < -0.39 is 0 Å². The molecule has 1 rings (SSSR count). The summed E-state index contributed by atoms with van der Waals surface area (Å²) in [6.07, 6.45) is 7.78. The van der Waals surface area contributed by atoms with Crippen LogP contribution in [0.4, 0.5) is 0 Å². The van der Waals surface area contributed by atoms with E-state index in [0.29, 0.717) is 6.10 Å². The quantitative estimate of drug-likeness (QED) is 0.470. The molecule has 1 aliphatic carbocycles. The van der Waals surface area contributed by atoms with Crippen molar-refractivity contribution in [1.82, 2.24) is 0 Å². The van der Waals surface area contributed by atoms with Gasteiger partial charge in [-0.15, -0.1) is 0 Å². The van der Waals surface area contributed by atoms with Crippen LogP contribution in [-0.4, -0.2) is 11.8 Å². The summed E-state index contributed by atoms with van der Waals surface area (Å²) in [6.45, 7) is 4.12. The van der Waals surface area contributed by atoms with Crippen LogP contribution in [0.5, 0.6) is 0 Å². The molecule has 1 saturated carbocycles. The zero-order valence-corrected chi connectivity index (χ0v) is 8.18. The van der Waals surface area contributed by atoms with Crippen LogP contribution in [0.1, 0.15) is 52.4 Å². The van der Waals surface area contributed by atoms with Gasteiger partial charge in [0.05, 0.1) is 5.71 Å². The molecule has 0 atom stereocenters. The van der Waals surface area contributed by atoms with Crippen molar-refractivity contribution in [3.8, 4) is 0 Å². The van der Waals surface area contributed by atoms with Crippen molar-refractivity contribution >= 4 is 5.71 Å². The molecule has 0 aromatic rings. The first-order valence-corrected chi connectivity index (χ1v) is 5.02. The van der Waals surface area contributed by atoms with Crippen molar-refractivity contribution in [3.63, 3.8) is 0 Å². The van der Waals surface area contributed by atoms with Crippen molar-refractivity contribution in [2.45, 2.75) is 58.5 Å². The number of hydrogen-bond donors (Lipinski definition) is 0. The van der Waals surface area contributed by atoms with Gasteiger partial charge in [-0.1, -0.05) is 18.5 Å². The Morgan fingerprint density at radius 2 is 2.00 bits per heavy atom. The Morgan fingerprint density at radius 3 is 2.58 bits per heavy atom. The van der Waals surface area contributed by atoms with Crippen LogP contribution in [0.3, 0.4) is 0 Å². The zero-order chi connectivity index (χ0) is 8.81. The van der Waals surface area contributed by atoms with Crippen molar-refractivity contribution in [1.29, 1.82) is 0 Å². The molecule has 0 N–H and O–H groups in total. The first kappa shape index (κ1) is 9.56. The van der Waals surface area contributed by atoms with Gasteiger partial charge < -0.3 is 4.84 Å². The second-order valence-electron chi connectivity index (χ2n) is 3.55. The largest absolute Gasteiger partial charge is 0.393 e. The molecule has 0 aliphatic heterocycles. The highest BCUT2D eigenvalue weighted by atomic mass is 16.6. The minimum absolute atomic E-state index is 0.403. The Labute approximate surface area is 75.0 Å². The van der Waals surface area contributed by atoms with E-state index in [1.165, 1.54) is 32.1 Å². The van der Waals surface area contributed by atoms with Crippen molar-refractivity contribution < 1.29 is 4.84 Å². The first-order valence-electron chi connectivity index (χ1n) is 5.02. The summed E-state index contributed by atoms with van der Waals surface area (Å²) in [4.78, 5) is 5.42. The van der Waals surface area contributed by atoms with Crippen LogP contribution in [0, 0.1) is 0 Å². The monoisotopic (exact) mass is 169 g/mol. The summed E-state index contributed by atoms with van der Waals surface area (Å²) in [5.74, 6) is 0. The third kappa shape index (κ3) is 3.24. The van der Waals surface area contributed by atoms with Crippen molar-refractivity contribution in [2.75, 3.05) is 0 Å². The van der Waals surface area contributed by atoms with Gasteiger partial charge in [0.2, 0.25) is 0 Å². The van der Waals surface area contributed by atoms with Gasteiger partial charge >= 0.3 is 0 Å². The van der Waals surface area contributed by atoms with E-state index in [4.69, 9.17) is 4.84 Å². The SMILES string of the molecule is CC/C(C)=N/OC1CCCCC1. The predicted octanol–water partition coefficient (Wildman–Crippen LogP) is 3.12. The van der Waals surface area contributed by atoms with Gasteiger partial charge in [0.25, 0.3) is 0 Å². The van der Waals surface area contributed by atoms with Gasteiger partial charge in [0.15, 0.2) is 0 Å². The molecule has 2 nitrogen and oxygen atoms in total. The molecule has 0 bridgehead atoms. The van der Waals surface area contributed by atoms with E-state index in [2.05, 4.69) is 12.1 Å². The van der Waals surface area contributed by atoms with E-state index in [-0.39, 0.29) is 0 Å². The average Bonchev–Trinajstić information content (AvgIpc) is 2.16. The van der Waals surface area contributed by atoms with E-state index in [9.17, 15) is 0 Å².